The van der Waals surface area contributed by atoms with Gasteiger partial charge in [0.25, 0.3) is 0 Å². The molecular weight excluding hydrogens is 574 g/mol. The monoisotopic (exact) mass is 601 g/mol. The fraction of sp³-hybridized carbons (Fsp3) is 0.276. The highest BCUT2D eigenvalue weighted by Crippen LogP contribution is 2.34. The summed E-state index contributed by atoms with van der Waals surface area (Å²) in [4.78, 5) is 53.9. The van der Waals surface area contributed by atoms with E-state index in [0.29, 0.717) is 39.3 Å². The maximum atomic E-state index is 13.7. The molecule has 0 saturated carbocycles. The van der Waals surface area contributed by atoms with Gasteiger partial charge in [-0.1, -0.05) is 25.6 Å². The molecule has 0 aliphatic carbocycles. The summed E-state index contributed by atoms with van der Waals surface area (Å²) in [6.45, 7) is 11.0. The van der Waals surface area contributed by atoms with Gasteiger partial charge >= 0.3 is 0 Å². The van der Waals surface area contributed by atoms with E-state index in [9.17, 15) is 14.4 Å². The maximum Gasteiger partial charge on any atom is 0.249 e. The lowest BCUT2D eigenvalue weighted by Gasteiger charge is -2.25. The molecular formula is C29H28BrN7O3. The number of carbonyl (C=O) groups excluding carboxylic acids is 3. The third kappa shape index (κ3) is 5.16. The molecule has 0 spiro atoms. The number of benzene rings is 1. The average molecular weight is 602 g/mol. The minimum absolute atomic E-state index is 0.0716. The van der Waals surface area contributed by atoms with Crippen molar-refractivity contribution in [3.8, 4) is 11.1 Å². The van der Waals surface area contributed by atoms with E-state index in [4.69, 9.17) is 0 Å². The second-order valence-corrected chi connectivity index (χ2v) is 10.8. The van der Waals surface area contributed by atoms with E-state index in [0.717, 1.165) is 16.7 Å². The Hall–Kier alpha value is -4.25. The molecule has 0 radical (unpaired) electrons. The SMILES string of the molecule is C=C1[C@@H](C)C[C@@H](C(=O)Nc2nc(Br)ccc2C)N1C(=O)Cn1nc(C(C)=O)c2cc(-c3cnc(C)nc3)ccc21. The predicted octanol–water partition coefficient (Wildman–Crippen LogP) is 4.86. The second kappa shape index (κ2) is 10.7. The molecule has 3 aromatic heterocycles. The van der Waals surface area contributed by atoms with Crippen molar-refractivity contribution in [2.75, 3.05) is 5.32 Å². The van der Waals surface area contributed by atoms with Gasteiger partial charge in [0.15, 0.2) is 5.78 Å². The average Bonchev–Trinajstić information content (AvgIpc) is 3.43. The van der Waals surface area contributed by atoms with E-state index >= 15 is 0 Å². The van der Waals surface area contributed by atoms with Crippen LogP contribution in [0.5, 0.6) is 0 Å². The van der Waals surface area contributed by atoms with Crippen LogP contribution in [0, 0.1) is 19.8 Å². The van der Waals surface area contributed by atoms with E-state index in [1.165, 1.54) is 16.5 Å². The summed E-state index contributed by atoms with van der Waals surface area (Å²) in [6.07, 6.45) is 3.88. The lowest BCUT2D eigenvalue weighted by molar-refractivity contribution is -0.135. The van der Waals surface area contributed by atoms with Gasteiger partial charge in [-0.15, -0.1) is 0 Å². The molecule has 4 heterocycles. The first kappa shape index (κ1) is 27.3. The Morgan fingerprint density at radius 1 is 1.10 bits per heavy atom. The van der Waals surface area contributed by atoms with E-state index in [1.807, 2.05) is 45.0 Å². The second-order valence-electron chi connectivity index (χ2n) is 10.0. The van der Waals surface area contributed by atoms with Gasteiger partial charge in [0.05, 0.1) is 5.52 Å². The van der Waals surface area contributed by atoms with Crippen LogP contribution in [-0.4, -0.2) is 53.3 Å². The normalized spacial score (nSPS) is 16.9. The minimum atomic E-state index is -0.752. The Labute approximate surface area is 239 Å². The number of allylic oxidation sites excluding steroid dienone is 1. The summed E-state index contributed by atoms with van der Waals surface area (Å²) in [5.74, 6) is 0.111. The highest BCUT2D eigenvalue weighted by molar-refractivity contribution is 9.10. The summed E-state index contributed by atoms with van der Waals surface area (Å²) >= 11 is 3.33. The van der Waals surface area contributed by atoms with Crippen LogP contribution >= 0.6 is 15.9 Å². The van der Waals surface area contributed by atoms with Crippen LogP contribution in [0.3, 0.4) is 0 Å². The van der Waals surface area contributed by atoms with Gasteiger partial charge in [-0.3, -0.25) is 19.1 Å². The highest BCUT2D eigenvalue weighted by atomic mass is 79.9. The zero-order valence-electron chi connectivity index (χ0n) is 22.6. The molecule has 2 atom stereocenters. The van der Waals surface area contributed by atoms with Crippen LogP contribution in [0.15, 0.2) is 59.6 Å². The fourth-order valence-electron chi connectivity index (χ4n) is 4.89. The third-order valence-electron chi connectivity index (χ3n) is 7.13. The lowest BCUT2D eigenvalue weighted by Crippen LogP contribution is -2.43. The van der Waals surface area contributed by atoms with Crippen molar-refractivity contribution in [2.45, 2.75) is 46.7 Å². The molecule has 0 unspecified atom stereocenters. The Morgan fingerprint density at radius 3 is 2.52 bits per heavy atom. The fourth-order valence-corrected chi connectivity index (χ4v) is 5.20. The molecule has 2 amide bonds. The van der Waals surface area contributed by atoms with Crippen molar-refractivity contribution in [2.24, 2.45) is 5.92 Å². The number of rotatable bonds is 6. The zero-order chi connectivity index (χ0) is 28.7. The van der Waals surface area contributed by atoms with Crippen LogP contribution in [0.2, 0.25) is 0 Å². The van der Waals surface area contributed by atoms with Crippen molar-refractivity contribution in [1.29, 1.82) is 0 Å². The third-order valence-corrected chi connectivity index (χ3v) is 7.57. The first-order valence-electron chi connectivity index (χ1n) is 12.8. The molecule has 1 aromatic carbocycles. The number of halogens is 1. The summed E-state index contributed by atoms with van der Waals surface area (Å²) in [5.41, 5.74) is 3.89. The molecule has 204 valence electrons. The van der Waals surface area contributed by atoms with E-state index in [2.05, 4.69) is 47.9 Å². The van der Waals surface area contributed by atoms with Crippen molar-refractivity contribution < 1.29 is 14.4 Å². The molecule has 10 nitrogen and oxygen atoms in total. The van der Waals surface area contributed by atoms with Crippen LogP contribution in [0.1, 0.15) is 42.1 Å². The molecule has 1 aliphatic rings. The van der Waals surface area contributed by atoms with Gasteiger partial charge < -0.3 is 10.2 Å². The van der Waals surface area contributed by atoms with E-state index in [1.54, 1.807) is 18.5 Å². The number of aryl methyl sites for hydroxylation is 2. The number of aromatic nitrogens is 5. The van der Waals surface area contributed by atoms with Gasteiger partial charge in [-0.25, -0.2) is 15.0 Å². The van der Waals surface area contributed by atoms with Gasteiger partial charge in [0, 0.05) is 36.0 Å². The Kier molecular flexibility index (Phi) is 7.33. The highest BCUT2D eigenvalue weighted by Gasteiger charge is 2.41. The summed E-state index contributed by atoms with van der Waals surface area (Å²) in [5, 5.41) is 7.98. The number of Topliss-reactive ketones (excluding diaryl/α,β-unsaturated/α-hetero) is 1. The molecule has 0 bridgehead atoms. The molecule has 5 rings (SSSR count). The first-order chi connectivity index (χ1) is 19.0. The number of ketones is 1. The molecule has 1 fully saturated rings. The van der Waals surface area contributed by atoms with E-state index < -0.39 is 6.04 Å². The number of nitrogens with one attached hydrogen (secondary N) is 1. The first-order valence-corrected chi connectivity index (χ1v) is 13.6. The van der Waals surface area contributed by atoms with Gasteiger partial charge in [-0.05, 0) is 71.4 Å². The number of likely N-dealkylation sites (tertiary alicyclic amines) is 1. The standard InChI is InChI=1S/C29H28BrN7O3/c1-15-6-9-25(30)33-28(15)34-29(40)24-10-16(2)17(3)37(24)26(39)14-36-23-8-7-20(21-12-31-19(5)32-13-21)11-22(23)27(35-36)18(4)38/h6-9,11-13,16,24H,3,10,14H2,1-2,4-5H3,(H,33,34,40)/t16-,24-/m0/s1. The van der Waals surface area contributed by atoms with Gasteiger partial charge in [0.1, 0.15) is 34.5 Å². The Morgan fingerprint density at radius 2 is 1.82 bits per heavy atom. The molecule has 1 saturated heterocycles. The van der Waals surface area contributed by atoms with Crippen molar-refractivity contribution in [3.05, 3.63) is 76.7 Å². The van der Waals surface area contributed by atoms with Gasteiger partial charge in [0.2, 0.25) is 11.8 Å². The lowest BCUT2D eigenvalue weighted by atomic mass is 10.0. The van der Waals surface area contributed by atoms with Crippen LogP contribution in [0.25, 0.3) is 22.0 Å². The number of carbonyl (C=O) groups is 3. The molecule has 4 aromatic rings. The number of pyridine rings is 1. The van der Waals surface area contributed by atoms with Crippen LogP contribution in [0.4, 0.5) is 5.82 Å². The Balaban J connectivity index is 1.44. The topological polar surface area (TPSA) is 123 Å². The van der Waals surface area contributed by atoms with Crippen molar-refractivity contribution in [3.63, 3.8) is 0 Å². The Bertz CT molecular complexity index is 1680. The van der Waals surface area contributed by atoms with Crippen LogP contribution in [-0.2, 0) is 16.1 Å². The quantitative estimate of drug-likeness (QED) is 0.247. The molecule has 11 heteroatoms. The van der Waals surface area contributed by atoms with Crippen molar-refractivity contribution in [1.82, 2.24) is 29.6 Å². The summed E-state index contributed by atoms with van der Waals surface area (Å²) in [6, 6.07) is 8.44. The van der Waals surface area contributed by atoms with Gasteiger partial charge in [-0.2, -0.15) is 5.10 Å². The number of amides is 2. The number of nitrogens with zero attached hydrogens (tertiary/aromatic N) is 6. The molecule has 1 aliphatic heterocycles. The number of hydrogen-bond acceptors (Lipinski definition) is 7. The van der Waals surface area contributed by atoms with Crippen LogP contribution < -0.4 is 5.32 Å². The number of fused-ring (bicyclic) bond motifs is 1. The number of anilines is 1. The summed E-state index contributed by atoms with van der Waals surface area (Å²) < 4.78 is 2.10. The number of hydrogen-bond donors (Lipinski definition) is 1. The largest absolute Gasteiger partial charge is 0.309 e. The zero-order valence-corrected chi connectivity index (χ0v) is 24.2. The minimum Gasteiger partial charge on any atom is -0.309 e. The summed E-state index contributed by atoms with van der Waals surface area (Å²) in [7, 11) is 0. The smallest absolute Gasteiger partial charge is 0.249 e. The van der Waals surface area contributed by atoms with Crippen molar-refractivity contribution >= 4 is 50.2 Å². The van der Waals surface area contributed by atoms with E-state index in [-0.39, 0.29) is 35.8 Å². The predicted molar refractivity (Wildman–Crippen MR) is 154 cm³/mol. The molecule has 1 N–H and O–H groups in total. The maximum absolute atomic E-state index is 13.7. The molecule has 40 heavy (non-hydrogen) atoms.